The van der Waals surface area contributed by atoms with Crippen LogP contribution in [0.5, 0.6) is 0 Å². The van der Waals surface area contributed by atoms with Crippen molar-refractivity contribution in [1.82, 2.24) is 0 Å². The molecule has 9 heteroatoms. The van der Waals surface area contributed by atoms with E-state index < -0.39 is 15.6 Å². The first-order chi connectivity index (χ1) is 13.7. The highest BCUT2D eigenvalue weighted by molar-refractivity contribution is 8.74. The fourth-order valence-electron chi connectivity index (χ4n) is 2.64. The monoisotopic (exact) mass is 456 g/mol. The van der Waals surface area contributed by atoms with Crippen LogP contribution >= 0.6 is 10.8 Å². The molecule has 3 aromatic rings. The van der Waals surface area contributed by atoms with E-state index in [1.807, 2.05) is 10.8 Å². The number of hydrogen-bond acceptors (Lipinski definition) is 4. The molecule has 0 saturated carbocycles. The van der Waals surface area contributed by atoms with Crippen molar-refractivity contribution in [1.29, 1.82) is 0 Å². The van der Waals surface area contributed by atoms with E-state index in [1.165, 1.54) is 26.5 Å². The largest absolute Gasteiger partial charge is 0.741 e. The third kappa shape index (κ3) is 5.36. The Morgan fingerprint density at radius 1 is 0.828 bits per heavy atom. The van der Waals surface area contributed by atoms with Crippen molar-refractivity contribution < 1.29 is 26.1 Å². The van der Waals surface area contributed by atoms with E-state index >= 15 is 0 Å². The van der Waals surface area contributed by atoms with Gasteiger partial charge in [-0.1, -0.05) is 60.7 Å². The maximum atomic E-state index is 10.7. The molecule has 0 aliphatic carbocycles. The smallest absolute Gasteiger partial charge is 0.485 e. The summed E-state index contributed by atoms with van der Waals surface area (Å²) < 4.78 is 58.9. The number of halogens is 3. The highest BCUT2D eigenvalue weighted by Gasteiger charge is 2.37. The summed E-state index contributed by atoms with van der Waals surface area (Å²) in [4.78, 5) is 2.90. The molecule has 1 aliphatic heterocycles. The maximum absolute atomic E-state index is 10.7. The predicted octanol–water partition coefficient (Wildman–Crippen LogP) is 5.60. The Morgan fingerprint density at radius 3 is 1.97 bits per heavy atom. The number of fused-ring (bicyclic) bond motifs is 3. The molecule has 0 spiro atoms. The summed E-state index contributed by atoms with van der Waals surface area (Å²) >= 11 is 0. The molecule has 0 radical (unpaired) electrons. The van der Waals surface area contributed by atoms with E-state index in [2.05, 4.69) is 78.9 Å². The summed E-state index contributed by atoms with van der Waals surface area (Å²) in [5.74, 6) is 1.11. The summed E-state index contributed by atoms with van der Waals surface area (Å²) in [6, 6.07) is 28.5. The van der Waals surface area contributed by atoms with Gasteiger partial charge in [0, 0.05) is 16.7 Å². The Morgan fingerprint density at radius 2 is 1.34 bits per heavy atom. The minimum atomic E-state index is -6.09. The van der Waals surface area contributed by atoms with E-state index in [-0.39, 0.29) is 9.93 Å². The molecule has 1 aliphatic rings. The van der Waals surface area contributed by atoms with Gasteiger partial charge < -0.3 is 4.55 Å². The van der Waals surface area contributed by atoms with Crippen LogP contribution in [0.2, 0.25) is 0 Å². The predicted molar refractivity (Wildman–Crippen MR) is 109 cm³/mol. The van der Waals surface area contributed by atoms with Gasteiger partial charge in [0.25, 0.3) is 0 Å². The third-order valence-electron chi connectivity index (χ3n) is 3.92. The van der Waals surface area contributed by atoms with Gasteiger partial charge in [-0.3, -0.25) is 0 Å². The second-order valence-corrected chi connectivity index (χ2v) is 11.1. The number of benzene rings is 3. The summed E-state index contributed by atoms with van der Waals surface area (Å²) in [7, 11) is -3.88. The average molecular weight is 457 g/mol. The summed E-state index contributed by atoms with van der Waals surface area (Å²) in [5, 5.41) is 0. The summed E-state index contributed by atoms with van der Waals surface area (Å²) in [6.45, 7) is 0. The third-order valence-corrected chi connectivity index (χ3v) is 8.70. The lowest BCUT2D eigenvalue weighted by molar-refractivity contribution is -0.0517. The van der Waals surface area contributed by atoms with E-state index in [4.69, 9.17) is 13.0 Å². The minimum Gasteiger partial charge on any atom is -0.741 e. The zero-order chi connectivity index (χ0) is 21.1. The molecule has 3 nitrogen and oxygen atoms in total. The lowest BCUT2D eigenvalue weighted by Crippen LogP contribution is -2.21. The van der Waals surface area contributed by atoms with Gasteiger partial charge in [-0.2, -0.15) is 13.2 Å². The van der Waals surface area contributed by atoms with Crippen LogP contribution in [0.1, 0.15) is 5.56 Å². The number of alkyl halides is 3. The lowest BCUT2D eigenvalue weighted by atomic mass is 10.1. The molecule has 0 bridgehead atoms. The Balaban J connectivity index is 0.000000258. The van der Waals surface area contributed by atoms with Crippen LogP contribution in [0.3, 0.4) is 0 Å². The van der Waals surface area contributed by atoms with Crippen molar-refractivity contribution in [2.45, 2.75) is 21.1 Å². The van der Waals surface area contributed by atoms with Gasteiger partial charge in [-0.05, 0) is 18.2 Å². The molecule has 0 saturated heterocycles. The Labute approximate surface area is 173 Å². The molecule has 1 heterocycles. The molecule has 29 heavy (non-hydrogen) atoms. The van der Waals surface area contributed by atoms with Crippen LogP contribution in [0.25, 0.3) is 11.1 Å². The van der Waals surface area contributed by atoms with Gasteiger partial charge in [0.15, 0.2) is 20.8 Å². The number of hydrogen-bond donors (Lipinski definition) is 0. The Bertz CT molecular complexity index is 1080. The second kappa shape index (κ2) is 8.83. The molecular weight excluding hydrogens is 441 g/mol. The highest BCUT2D eigenvalue weighted by atomic mass is 33.1. The van der Waals surface area contributed by atoms with Crippen molar-refractivity contribution >= 4 is 30.8 Å². The molecule has 152 valence electrons. The topological polar surface area (TPSA) is 57.2 Å². The van der Waals surface area contributed by atoms with Gasteiger partial charge in [0.05, 0.1) is 4.90 Å². The molecule has 3 aromatic carbocycles. The number of rotatable bonds is 2. The van der Waals surface area contributed by atoms with Gasteiger partial charge in [0.2, 0.25) is 0 Å². The highest BCUT2D eigenvalue weighted by Crippen LogP contribution is 2.48. The molecule has 0 aromatic heterocycles. The van der Waals surface area contributed by atoms with E-state index in [0.717, 1.165) is 5.75 Å². The Hall–Kier alpha value is -1.94. The molecule has 4 rings (SSSR count). The SMILES string of the molecule is O=S(=O)([O-])C(F)(F)F.c1ccc(C[S+]2Sc3ccccc3-c3ccccc32)cc1. The molecule has 1 unspecified atom stereocenters. The van der Waals surface area contributed by atoms with Crippen LogP contribution in [0, 0.1) is 0 Å². The van der Waals surface area contributed by atoms with E-state index in [1.54, 1.807) is 0 Å². The van der Waals surface area contributed by atoms with Gasteiger partial charge in [0.1, 0.15) is 20.7 Å². The van der Waals surface area contributed by atoms with Crippen LogP contribution in [-0.4, -0.2) is 18.5 Å². The average Bonchev–Trinajstić information content (AvgIpc) is 2.68. The fraction of sp³-hybridized carbons (Fsp3) is 0.100. The quantitative estimate of drug-likeness (QED) is 0.218. The first kappa shape index (κ1) is 21.8. The van der Waals surface area contributed by atoms with Crippen LogP contribution in [-0.2, 0) is 25.8 Å². The summed E-state index contributed by atoms with van der Waals surface area (Å²) in [5.41, 5.74) is -1.43. The van der Waals surface area contributed by atoms with Crippen molar-refractivity contribution in [3.63, 3.8) is 0 Å². The van der Waals surface area contributed by atoms with Gasteiger partial charge in [-0.15, -0.1) is 0 Å². The van der Waals surface area contributed by atoms with Gasteiger partial charge >= 0.3 is 5.51 Å². The molecular formula is C20H15F3O3S3. The van der Waals surface area contributed by atoms with Crippen molar-refractivity contribution in [2.24, 2.45) is 0 Å². The standard InChI is InChI=1S/C19H15S2.CHF3O3S/c1-2-8-15(9-3-1)14-21-19-13-7-5-11-17(19)16-10-4-6-12-18(16)20-21;2-1(3,4)8(5,6)7/h1-13H,14H2;(H,5,6,7)/q+1;/p-1. The Kier molecular flexibility index (Phi) is 6.62. The normalized spacial score (nSPS) is 15.5. The molecule has 0 amide bonds. The van der Waals surface area contributed by atoms with E-state index in [9.17, 15) is 13.2 Å². The maximum Gasteiger partial charge on any atom is 0.485 e. The molecule has 0 fully saturated rings. The van der Waals surface area contributed by atoms with Crippen LogP contribution < -0.4 is 0 Å². The van der Waals surface area contributed by atoms with Crippen LogP contribution in [0.15, 0.2) is 88.7 Å². The van der Waals surface area contributed by atoms with Crippen molar-refractivity contribution in [3.8, 4) is 11.1 Å². The summed E-state index contributed by atoms with van der Waals surface area (Å²) in [6.07, 6.45) is 0. The van der Waals surface area contributed by atoms with E-state index in [0.29, 0.717) is 0 Å². The van der Waals surface area contributed by atoms with Crippen LogP contribution in [0.4, 0.5) is 13.2 Å². The first-order valence-electron chi connectivity index (χ1n) is 8.30. The fourth-order valence-corrected chi connectivity index (χ4v) is 7.08. The molecule has 1 atom stereocenters. The lowest BCUT2D eigenvalue weighted by Gasteiger charge is -2.18. The zero-order valence-corrected chi connectivity index (χ0v) is 17.2. The van der Waals surface area contributed by atoms with Crippen molar-refractivity contribution in [2.75, 3.05) is 0 Å². The van der Waals surface area contributed by atoms with Gasteiger partial charge in [-0.25, -0.2) is 8.42 Å². The first-order valence-corrected chi connectivity index (χ1v) is 12.4. The minimum absolute atomic E-state index is 0.185. The van der Waals surface area contributed by atoms with Crippen molar-refractivity contribution in [3.05, 3.63) is 84.4 Å². The second-order valence-electron chi connectivity index (χ2n) is 5.95. The molecule has 0 N–H and O–H groups in total. The zero-order valence-electron chi connectivity index (χ0n) is 14.8.